The topological polar surface area (TPSA) is 67.2 Å². The van der Waals surface area contributed by atoms with Gasteiger partial charge < -0.3 is 15.0 Å². The van der Waals surface area contributed by atoms with E-state index in [0.29, 0.717) is 0 Å². The minimum absolute atomic E-state index is 0.0770. The van der Waals surface area contributed by atoms with E-state index in [1.807, 2.05) is 19.1 Å². The summed E-state index contributed by atoms with van der Waals surface area (Å²) in [5, 5.41) is 12.5. The Morgan fingerprint density at radius 1 is 1.29 bits per heavy atom. The van der Waals surface area contributed by atoms with Crippen molar-refractivity contribution in [3.8, 4) is 0 Å². The van der Waals surface area contributed by atoms with Gasteiger partial charge in [0.2, 0.25) is 11.5 Å². The third-order valence-electron chi connectivity index (χ3n) is 3.69. The molecule has 0 aliphatic carbocycles. The molecular weight excluding hydrogens is 323 g/mol. The number of amides is 1. The molecule has 0 aliphatic heterocycles. The molecule has 8 heteroatoms. The monoisotopic (exact) mass is 341 g/mol. The van der Waals surface area contributed by atoms with Crippen LogP contribution in [0, 0.1) is 6.92 Å². The van der Waals surface area contributed by atoms with Crippen LogP contribution in [-0.2, 0) is 24.0 Å². The summed E-state index contributed by atoms with van der Waals surface area (Å²) in [6, 6.07) is 7.21. The van der Waals surface area contributed by atoms with Gasteiger partial charge in [-0.1, -0.05) is 29.8 Å². The Labute approximate surface area is 137 Å². The lowest BCUT2D eigenvalue weighted by Crippen LogP contribution is -2.47. The number of aryl methyl sites for hydroxylation is 2. The number of hydrogen-bond acceptors (Lipinski definition) is 3. The van der Waals surface area contributed by atoms with Crippen molar-refractivity contribution in [3.05, 3.63) is 53.6 Å². The fraction of sp³-hybridized carbons (Fsp3) is 0.375. The lowest BCUT2D eigenvalue weighted by atomic mass is 9.97. The van der Waals surface area contributed by atoms with E-state index >= 15 is 0 Å². The van der Waals surface area contributed by atoms with E-state index < -0.39 is 29.9 Å². The molecule has 0 bridgehead atoms. The highest BCUT2D eigenvalue weighted by atomic mass is 19.4. The highest BCUT2D eigenvalue weighted by Gasteiger charge is 2.58. The van der Waals surface area contributed by atoms with Gasteiger partial charge in [-0.05, 0) is 12.5 Å². The van der Waals surface area contributed by atoms with Gasteiger partial charge in [-0.2, -0.15) is 13.2 Å². The van der Waals surface area contributed by atoms with Gasteiger partial charge in [0.15, 0.2) is 5.82 Å². The second-order valence-electron chi connectivity index (χ2n) is 5.66. The highest BCUT2D eigenvalue weighted by molar-refractivity contribution is 5.77. The first-order valence-electron chi connectivity index (χ1n) is 7.22. The second kappa shape index (κ2) is 6.64. The van der Waals surface area contributed by atoms with E-state index in [2.05, 4.69) is 10.3 Å². The van der Waals surface area contributed by atoms with Gasteiger partial charge in [0.25, 0.3) is 0 Å². The van der Waals surface area contributed by atoms with Crippen LogP contribution in [-0.4, -0.2) is 26.7 Å². The van der Waals surface area contributed by atoms with Crippen LogP contribution in [0.5, 0.6) is 0 Å². The number of carbonyl (C=O) groups excluding carboxylic acids is 1. The molecular formula is C16H18F3N3O2. The quantitative estimate of drug-likeness (QED) is 0.876. The summed E-state index contributed by atoms with van der Waals surface area (Å²) in [5.74, 6) is -1.54. The predicted octanol–water partition coefficient (Wildman–Crippen LogP) is 2.18. The molecule has 0 aliphatic rings. The van der Waals surface area contributed by atoms with Crippen molar-refractivity contribution in [3.63, 3.8) is 0 Å². The molecule has 0 fully saturated rings. The van der Waals surface area contributed by atoms with Gasteiger partial charge in [0.1, 0.15) is 0 Å². The fourth-order valence-electron chi connectivity index (χ4n) is 2.27. The molecule has 2 rings (SSSR count). The Morgan fingerprint density at radius 3 is 2.42 bits per heavy atom. The summed E-state index contributed by atoms with van der Waals surface area (Å²) in [6.45, 7) is 1.98. The minimum atomic E-state index is -5.03. The maximum atomic E-state index is 13.3. The van der Waals surface area contributed by atoms with Crippen LogP contribution in [0.25, 0.3) is 0 Å². The highest BCUT2D eigenvalue weighted by Crippen LogP contribution is 2.40. The molecule has 0 saturated heterocycles. The molecule has 1 amide bonds. The molecule has 1 aromatic carbocycles. The molecule has 2 N–H and O–H groups in total. The van der Waals surface area contributed by atoms with E-state index in [-0.39, 0.29) is 6.54 Å². The third kappa shape index (κ3) is 3.76. The zero-order valence-corrected chi connectivity index (χ0v) is 13.3. The molecule has 1 atom stereocenters. The Hall–Kier alpha value is -2.35. The van der Waals surface area contributed by atoms with Crippen molar-refractivity contribution < 1.29 is 23.1 Å². The third-order valence-corrected chi connectivity index (χ3v) is 3.69. The number of aliphatic hydroxyl groups is 1. The van der Waals surface area contributed by atoms with Crippen LogP contribution in [0.2, 0.25) is 0 Å². The van der Waals surface area contributed by atoms with Gasteiger partial charge >= 0.3 is 6.18 Å². The van der Waals surface area contributed by atoms with Crippen LogP contribution >= 0.6 is 0 Å². The second-order valence-corrected chi connectivity index (χ2v) is 5.66. The van der Waals surface area contributed by atoms with E-state index in [4.69, 9.17) is 0 Å². The number of rotatable bonds is 5. The Kier molecular flexibility index (Phi) is 4.98. The molecule has 0 spiro atoms. The average Bonchev–Trinajstić information content (AvgIpc) is 2.92. The molecule has 0 saturated carbocycles. The first-order chi connectivity index (χ1) is 11.1. The number of hydrogen-bond donors (Lipinski definition) is 2. The molecule has 5 nitrogen and oxygen atoms in total. The number of benzene rings is 1. The van der Waals surface area contributed by atoms with Gasteiger partial charge in [-0.15, -0.1) is 0 Å². The Balaban J connectivity index is 2.11. The number of nitrogens with one attached hydrogen (secondary N) is 1. The Morgan fingerprint density at radius 2 is 1.92 bits per heavy atom. The van der Waals surface area contributed by atoms with E-state index in [9.17, 15) is 23.1 Å². The van der Waals surface area contributed by atoms with Crippen molar-refractivity contribution in [2.45, 2.75) is 31.7 Å². The van der Waals surface area contributed by atoms with Crippen LogP contribution < -0.4 is 5.32 Å². The van der Waals surface area contributed by atoms with Crippen molar-refractivity contribution in [2.75, 3.05) is 0 Å². The van der Waals surface area contributed by atoms with Gasteiger partial charge in [-0.3, -0.25) is 4.79 Å². The van der Waals surface area contributed by atoms with E-state index in [1.165, 1.54) is 13.2 Å². The number of alkyl halides is 3. The smallest absolute Gasteiger partial charge is 0.374 e. The Bertz CT molecular complexity index is 710. The van der Waals surface area contributed by atoms with Crippen LogP contribution in [0.15, 0.2) is 36.7 Å². The number of nitrogens with zero attached hydrogens (tertiary/aromatic N) is 2. The summed E-state index contributed by atoms with van der Waals surface area (Å²) < 4.78 is 41.0. The molecule has 24 heavy (non-hydrogen) atoms. The standard InChI is InChI=1S/C16H18F3N3O2/c1-11-3-5-12(6-4-11)10-21-13(23)9-15(24,16(17,18)19)14-20-7-8-22(14)2/h3-8,24H,9-10H2,1-2H3,(H,21,23). The van der Waals surface area contributed by atoms with Gasteiger partial charge in [-0.25, -0.2) is 4.98 Å². The normalized spacial score (nSPS) is 14.2. The summed E-state index contributed by atoms with van der Waals surface area (Å²) in [4.78, 5) is 15.5. The summed E-state index contributed by atoms with van der Waals surface area (Å²) >= 11 is 0. The van der Waals surface area contributed by atoms with Gasteiger partial charge in [0.05, 0.1) is 6.42 Å². The van der Waals surface area contributed by atoms with E-state index in [0.717, 1.165) is 21.9 Å². The number of imidazole rings is 1. The molecule has 130 valence electrons. The van der Waals surface area contributed by atoms with Crippen LogP contribution in [0.3, 0.4) is 0 Å². The van der Waals surface area contributed by atoms with Crippen LogP contribution in [0.1, 0.15) is 23.4 Å². The van der Waals surface area contributed by atoms with Crippen molar-refractivity contribution in [2.24, 2.45) is 7.05 Å². The molecule has 1 unspecified atom stereocenters. The first-order valence-corrected chi connectivity index (χ1v) is 7.22. The fourth-order valence-corrected chi connectivity index (χ4v) is 2.27. The predicted molar refractivity (Wildman–Crippen MR) is 80.8 cm³/mol. The maximum absolute atomic E-state index is 13.3. The molecule has 0 radical (unpaired) electrons. The lowest BCUT2D eigenvalue weighted by Gasteiger charge is -2.29. The minimum Gasteiger partial charge on any atom is -0.374 e. The SMILES string of the molecule is Cc1ccc(CNC(=O)CC(O)(c2nccn2C)C(F)(F)F)cc1. The van der Waals surface area contributed by atoms with Crippen molar-refractivity contribution in [1.82, 2.24) is 14.9 Å². The zero-order chi connectivity index (χ0) is 18.0. The number of halogens is 3. The first kappa shape index (κ1) is 18.0. The number of carbonyl (C=O) groups is 1. The number of aromatic nitrogens is 2. The van der Waals surface area contributed by atoms with Crippen LogP contribution in [0.4, 0.5) is 13.2 Å². The summed E-state index contributed by atoms with van der Waals surface area (Å²) in [5.41, 5.74) is -1.56. The summed E-state index contributed by atoms with van der Waals surface area (Å²) in [6.07, 6.45) is -3.78. The molecule has 2 aromatic rings. The lowest BCUT2D eigenvalue weighted by molar-refractivity contribution is -0.271. The largest absolute Gasteiger partial charge is 0.425 e. The van der Waals surface area contributed by atoms with Gasteiger partial charge in [0, 0.05) is 26.0 Å². The van der Waals surface area contributed by atoms with Crippen molar-refractivity contribution in [1.29, 1.82) is 0 Å². The maximum Gasteiger partial charge on any atom is 0.425 e. The molecule has 1 aromatic heterocycles. The van der Waals surface area contributed by atoms with E-state index in [1.54, 1.807) is 12.1 Å². The zero-order valence-electron chi connectivity index (χ0n) is 13.3. The average molecular weight is 341 g/mol. The summed E-state index contributed by atoms with van der Waals surface area (Å²) in [7, 11) is 1.32. The molecule has 1 heterocycles. The van der Waals surface area contributed by atoms with Crippen molar-refractivity contribution >= 4 is 5.91 Å².